The van der Waals surface area contributed by atoms with Gasteiger partial charge in [0.05, 0.1) is 0 Å². The molecule has 16 heavy (non-hydrogen) atoms. The monoisotopic (exact) mass is 222 g/mol. The molecule has 2 rings (SSSR count). The molecule has 1 aromatic heterocycles. The fraction of sp³-hybridized carbons (Fsp3) is 0.636. The van der Waals surface area contributed by atoms with E-state index in [0.29, 0.717) is 18.0 Å². The summed E-state index contributed by atoms with van der Waals surface area (Å²) >= 11 is 0. The quantitative estimate of drug-likeness (QED) is 0.746. The molecule has 1 saturated heterocycles. The number of H-pyrrole nitrogens is 1. The second-order valence-corrected chi connectivity index (χ2v) is 4.53. The molecule has 0 amide bonds. The lowest BCUT2D eigenvalue weighted by Gasteiger charge is -2.39. The summed E-state index contributed by atoms with van der Waals surface area (Å²) in [5.74, 6) is 0.883. The predicted octanol–water partition coefficient (Wildman–Crippen LogP) is 1.12. The van der Waals surface area contributed by atoms with E-state index in [1.54, 1.807) is 0 Å². The van der Waals surface area contributed by atoms with E-state index in [1.807, 2.05) is 0 Å². The van der Waals surface area contributed by atoms with Crippen LogP contribution in [0.3, 0.4) is 0 Å². The summed E-state index contributed by atoms with van der Waals surface area (Å²) in [5, 5.41) is 0. The van der Waals surface area contributed by atoms with Gasteiger partial charge in [-0.15, -0.1) is 0 Å². The first kappa shape index (κ1) is 11.0. The van der Waals surface area contributed by atoms with Crippen molar-refractivity contribution in [3.05, 3.63) is 16.4 Å². The Morgan fingerprint density at radius 3 is 2.62 bits per heavy atom. The molecule has 0 spiro atoms. The third kappa shape index (κ3) is 2.03. The highest BCUT2D eigenvalue weighted by molar-refractivity contribution is 5.40. The summed E-state index contributed by atoms with van der Waals surface area (Å²) in [6.07, 6.45) is 3.48. The van der Waals surface area contributed by atoms with Crippen LogP contribution in [-0.2, 0) is 0 Å². The number of hydrogen-bond acceptors (Lipinski definition) is 4. The number of anilines is 2. The Morgan fingerprint density at radius 1 is 1.44 bits per heavy atom. The van der Waals surface area contributed by atoms with Crippen molar-refractivity contribution in [3.8, 4) is 0 Å². The Kier molecular flexibility index (Phi) is 2.85. The molecular weight excluding hydrogens is 204 g/mol. The van der Waals surface area contributed by atoms with Gasteiger partial charge in [0.15, 0.2) is 0 Å². The SMILES string of the molecule is C[C@H]1CCC[C@H](C)N1c1nc(N)cc(=O)[nH]1. The van der Waals surface area contributed by atoms with Crippen LogP contribution in [0.15, 0.2) is 10.9 Å². The van der Waals surface area contributed by atoms with Crippen LogP contribution in [0.4, 0.5) is 11.8 Å². The average molecular weight is 222 g/mol. The molecular formula is C11H18N4O. The van der Waals surface area contributed by atoms with E-state index < -0.39 is 0 Å². The number of hydrogen-bond donors (Lipinski definition) is 2. The molecule has 1 aliphatic heterocycles. The van der Waals surface area contributed by atoms with Gasteiger partial charge in [0.2, 0.25) is 5.95 Å². The van der Waals surface area contributed by atoms with Crippen LogP contribution < -0.4 is 16.2 Å². The Hall–Kier alpha value is -1.52. The largest absolute Gasteiger partial charge is 0.383 e. The Morgan fingerprint density at radius 2 is 2.06 bits per heavy atom. The topological polar surface area (TPSA) is 75.0 Å². The van der Waals surface area contributed by atoms with Gasteiger partial charge in [0, 0.05) is 18.2 Å². The van der Waals surface area contributed by atoms with Crippen molar-refractivity contribution in [2.45, 2.75) is 45.2 Å². The number of rotatable bonds is 1. The van der Waals surface area contributed by atoms with Crippen molar-refractivity contribution in [2.24, 2.45) is 0 Å². The van der Waals surface area contributed by atoms with Gasteiger partial charge in [0.1, 0.15) is 5.82 Å². The number of nitrogens with two attached hydrogens (primary N) is 1. The highest BCUT2D eigenvalue weighted by Crippen LogP contribution is 2.25. The number of aromatic nitrogens is 2. The van der Waals surface area contributed by atoms with Gasteiger partial charge in [-0.05, 0) is 33.1 Å². The second-order valence-electron chi connectivity index (χ2n) is 4.53. The third-order valence-corrected chi connectivity index (χ3v) is 3.19. The highest BCUT2D eigenvalue weighted by atomic mass is 16.1. The molecule has 3 N–H and O–H groups in total. The number of nitrogens with one attached hydrogen (secondary N) is 1. The fourth-order valence-electron chi connectivity index (χ4n) is 2.42. The van der Waals surface area contributed by atoms with E-state index in [9.17, 15) is 4.79 Å². The minimum absolute atomic E-state index is 0.188. The molecule has 0 saturated carbocycles. The molecule has 2 atom stereocenters. The van der Waals surface area contributed by atoms with E-state index >= 15 is 0 Å². The number of nitrogens with zero attached hydrogens (tertiary/aromatic N) is 2. The molecule has 0 unspecified atom stereocenters. The minimum Gasteiger partial charge on any atom is -0.383 e. The summed E-state index contributed by atoms with van der Waals surface area (Å²) in [6, 6.07) is 2.10. The number of aromatic amines is 1. The lowest BCUT2D eigenvalue weighted by Crippen LogP contribution is -2.45. The van der Waals surface area contributed by atoms with Gasteiger partial charge < -0.3 is 10.6 Å². The van der Waals surface area contributed by atoms with Crippen molar-refractivity contribution in [2.75, 3.05) is 10.6 Å². The Labute approximate surface area is 94.7 Å². The second kappa shape index (κ2) is 4.15. The van der Waals surface area contributed by atoms with Crippen LogP contribution in [0, 0.1) is 0 Å². The molecule has 1 aromatic rings. The first-order valence-corrected chi connectivity index (χ1v) is 5.73. The third-order valence-electron chi connectivity index (χ3n) is 3.19. The molecule has 0 radical (unpaired) electrons. The minimum atomic E-state index is -0.188. The molecule has 0 aromatic carbocycles. The lowest BCUT2D eigenvalue weighted by molar-refractivity contribution is 0.407. The van der Waals surface area contributed by atoms with Gasteiger partial charge in [-0.25, -0.2) is 0 Å². The molecule has 0 bridgehead atoms. The zero-order valence-corrected chi connectivity index (χ0v) is 9.73. The van der Waals surface area contributed by atoms with E-state index in [1.165, 1.54) is 12.5 Å². The van der Waals surface area contributed by atoms with Crippen molar-refractivity contribution in [1.82, 2.24) is 9.97 Å². The maximum absolute atomic E-state index is 11.4. The van der Waals surface area contributed by atoms with Crippen molar-refractivity contribution in [1.29, 1.82) is 0 Å². The zero-order valence-electron chi connectivity index (χ0n) is 9.73. The first-order chi connectivity index (χ1) is 7.58. The molecule has 1 aliphatic rings. The average Bonchev–Trinajstić information content (AvgIpc) is 2.15. The summed E-state index contributed by atoms with van der Waals surface area (Å²) in [5.41, 5.74) is 5.41. The fourth-order valence-corrected chi connectivity index (χ4v) is 2.42. The Balaban J connectivity index is 2.37. The van der Waals surface area contributed by atoms with Crippen molar-refractivity contribution >= 4 is 11.8 Å². The van der Waals surface area contributed by atoms with Crippen LogP contribution in [0.1, 0.15) is 33.1 Å². The summed E-state index contributed by atoms with van der Waals surface area (Å²) < 4.78 is 0. The van der Waals surface area contributed by atoms with Gasteiger partial charge in [-0.1, -0.05) is 0 Å². The zero-order chi connectivity index (χ0) is 11.7. The highest BCUT2D eigenvalue weighted by Gasteiger charge is 2.26. The number of nitrogen functional groups attached to an aromatic ring is 1. The predicted molar refractivity (Wildman–Crippen MR) is 64.5 cm³/mol. The number of piperidine rings is 1. The van der Waals surface area contributed by atoms with E-state index in [4.69, 9.17) is 5.73 Å². The molecule has 1 fully saturated rings. The molecule has 5 nitrogen and oxygen atoms in total. The summed E-state index contributed by atoms with van der Waals surface area (Å²) in [6.45, 7) is 4.30. The van der Waals surface area contributed by atoms with Gasteiger partial charge in [0.25, 0.3) is 5.56 Å². The van der Waals surface area contributed by atoms with Crippen molar-refractivity contribution in [3.63, 3.8) is 0 Å². The van der Waals surface area contributed by atoms with Crippen LogP contribution >= 0.6 is 0 Å². The smallest absolute Gasteiger partial charge is 0.254 e. The van der Waals surface area contributed by atoms with Crippen LogP contribution in [0.2, 0.25) is 0 Å². The van der Waals surface area contributed by atoms with Gasteiger partial charge in [-0.3, -0.25) is 9.78 Å². The van der Waals surface area contributed by atoms with Crippen LogP contribution in [-0.4, -0.2) is 22.1 Å². The van der Waals surface area contributed by atoms with E-state index in [2.05, 4.69) is 28.7 Å². The summed E-state index contributed by atoms with van der Waals surface area (Å²) in [4.78, 5) is 20.5. The van der Waals surface area contributed by atoms with E-state index in [-0.39, 0.29) is 11.4 Å². The van der Waals surface area contributed by atoms with Crippen molar-refractivity contribution < 1.29 is 0 Å². The van der Waals surface area contributed by atoms with Crippen LogP contribution in [0.5, 0.6) is 0 Å². The molecule has 0 aliphatic carbocycles. The lowest BCUT2D eigenvalue weighted by atomic mass is 9.98. The van der Waals surface area contributed by atoms with Gasteiger partial charge in [-0.2, -0.15) is 4.98 Å². The van der Waals surface area contributed by atoms with E-state index in [0.717, 1.165) is 12.8 Å². The molecule has 2 heterocycles. The summed E-state index contributed by atoms with van der Waals surface area (Å²) in [7, 11) is 0. The molecule has 5 heteroatoms. The van der Waals surface area contributed by atoms with Gasteiger partial charge >= 0.3 is 0 Å². The normalized spacial score (nSPS) is 25.8. The maximum Gasteiger partial charge on any atom is 0.254 e. The first-order valence-electron chi connectivity index (χ1n) is 5.73. The van der Waals surface area contributed by atoms with Crippen LogP contribution in [0.25, 0.3) is 0 Å². The maximum atomic E-state index is 11.4. The molecule has 88 valence electrons. The standard InChI is InChI=1S/C11H18N4O/c1-7-4-3-5-8(2)15(7)11-13-9(12)6-10(16)14-11/h6-8H,3-5H2,1-2H3,(H3,12,13,14,16)/t7-,8-/m0/s1. The Bertz CT molecular complexity index is 418.